The summed E-state index contributed by atoms with van der Waals surface area (Å²) < 4.78 is 0. The van der Waals surface area contributed by atoms with Crippen LogP contribution < -0.4 is 5.73 Å². The van der Waals surface area contributed by atoms with E-state index in [9.17, 15) is 4.79 Å². The largest absolute Gasteiger partial charge is 0.364 e. The van der Waals surface area contributed by atoms with Crippen molar-refractivity contribution >= 4 is 5.78 Å². The second kappa shape index (κ2) is 4.91. The van der Waals surface area contributed by atoms with Crippen LogP contribution in [0.3, 0.4) is 0 Å². The maximum Gasteiger partial charge on any atom is 0.209 e. The van der Waals surface area contributed by atoms with Gasteiger partial charge in [0.15, 0.2) is 0 Å². The third-order valence-electron chi connectivity index (χ3n) is 4.35. The summed E-state index contributed by atoms with van der Waals surface area (Å²) >= 11 is 0. The lowest BCUT2D eigenvalue weighted by Crippen LogP contribution is -2.35. The van der Waals surface area contributed by atoms with Crippen LogP contribution in [0.2, 0.25) is 0 Å². The molecule has 0 bridgehead atoms. The molecule has 104 valence electrons. The Hall–Kier alpha value is -1.87. The molecule has 1 aliphatic heterocycles. The Morgan fingerprint density at radius 3 is 2.85 bits per heavy atom. The fourth-order valence-electron chi connectivity index (χ4n) is 3.08. The summed E-state index contributed by atoms with van der Waals surface area (Å²) in [5, 5.41) is 0. The van der Waals surface area contributed by atoms with E-state index in [1.807, 2.05) is 6.92 Å². The molecule has 0 amide bonds. The van der Waals surface area contributed by atoms with Crippen LogP contribution in [0.1, 0.15) is 30.0 Å². The number of aryl methyl sites for hydroxylation is 1. The number of allylic oxidation sites excluding steroid dienone is 2. The highest BCUT2D eigenvalue weighted by molar-refractivity contribution is 6.18. The summed E-state index contributed by atoms with van der Waals surface area (Å²) in [5.74, 6) is 0.112. The van der Waals surface area contributed by atoms with Gasteiger partial charge in [0.1, 0.15) is 0 Å². The number of benzene rings is 1. The zero-order valence-electron chi connectivity index (χ0n) is 11.9. The number of Topliss-reactive ketones (excluding diaryl/α,β-unsaturated/α-hetero) is 1. The smallest absolute Gasteiger partial charge is 0.209 e. The van der Waals surface area contributed by atoms with Crippen molar-refractivity contribution in [3.63, 3.8) is 0 Å². The molecular formula is C17H20N2O. The fourth-order valence-corrected chi connectivity index (χ4v) is 3.08. The quantitative estimate of drug-likeness (QED) is 0.837. The topological polar surface area (TPSA) is 46.3 Å². The van der Waals surface area contributed by atoms with Crippen LogP contribution in [0.4, 0.5) is 0 Å². The highest BCUT2D eigenvalue weighted by Gasteiger charge is 2.33. The van der Waals surface area contributed by atoms with Crippen LogP contribution in [0.25, 0.3) is 0 Å². The Morgan fingerprint density at radius 2 is 2.15 bits per heavy atom. The number of hydrogen-bond acceptors (Lipinski definition) is 3. The molecule has 2 N–H and O–H groups in total. The van der Waals surface area contributed by atoms with E-state index in [2.05, 4.69) is 29.7 Å². The molecular weight excluding hydrogens is 248 g/mol. The summed E-state index contributed by atoms with van der Waals surface area (Å²) in [7, 11) is 0. The highest BCUT2D eigenvalue weighted by atomic mass is 16.1. The molecule has 1 aromatic rings. The second-order valence-corrected chi connectivity index (χ2v) is 5.61. The summed E-state index contributed by atoms with van der Waals surface area (Å²) in [6.07, 6.45) is 2.14. The van der Waals surface area contributed by atoms with Gasteiger partial charge in [-0.1, -0.05) is 24.8 Å². The summed E-state index contributed by atoms with van der Waals surface area (Å²) in [6.45, 7) is 8.09. The van der Waals surface area contributed by atoms with Crippen molar-refractivity contribution in [2.75, 3.05) is 6.54 Å². The van der Waals surface area contributed by atoms with Crippen molar-refractivity contribution in [1.82, 2.24) is 4.90 Å². The van der Waals surface area contributed by atoms with E-state index >= 15 is 0 Å². The van der Waals surface area contributed by atoms with Crippen LogP contribution in [-0.4, -0.2) is 17.2 Å². The number of carbonyl (C=O) groups excluding carboxylic acids is 1. The van der Waals surface area contributed by atoms with Gasteiger partial charge in [0, 0.05) is 25.2 Å². The Kier molecular flexibility index (Phi) is 3.22. The van der Waals surface area contributed by atoms with Gasteiger partial charge >= 0.3 is 0 Å². The van der Waals surface area contributed by atoms with Gasteiger partial charge in [-0.3, -0.25) is 4.79 Å². The van der Waals surface area contributed by atoms with Crippen LogP contribution in [-0.2, 0) is 24.3 Å². The number of nitrogens with two attached hydrogens (primary N) is 1. The van der Waals surface area contributed by atoms with Gasteiger partial charge in [-0.2, -0.15) is 0 Å². The molecule has 0 unspecified atom stereocenters. The lowest BCUT2D eigenvalue weighted by Gasteiger charge is -2.33. The predicted octanol–water partition coefficient (Wildman–Crippen LogP) is 2.31. The van der Waals surface area contributed by atoms with E-state index in [4.69, 9.17) is 5.73 Å². The summed E-state index contributed by atoms with van der Waals surface area (Å²) in [5.41, 5.74) is 12.1. The molecule has 0 saturated carbocycles. The van der Waals surface area contributed by atoms with Crippen LogP contribution in [0.5, 0.6) is 0 Å². The Labute approximate surface area is 119 Å². The van der Waals surface area contributed by atoms with E-state index in [0.29, 0.717) is 12.1 Å². The number of carbonyl (C=O) groups is 1. The number of nitrogens with zero attached hydrogens (tertiary/aromatic N) is 1. The van der Waals surface area contributed by atoms with Crippen LogP contribution in [0, 0.1) is 0 Å². The van der Waals surface area contributed by atoms with Gasteiger partial charge in [-0.15, -0.1) is 0 Å². The highest BCUT2D eigenvalue weighted by Crippen LogP contribution is 2.34. The molecule has 3 nitrogen and oxygen atoms in total. The Morgan fingerprint density at radius 1 is 1.35 bits per heavy atom. The van der Waals surface area contributed by atoms with E-state index in [1.165, 1.54) is 11.1 Å². The molecule has 0 spiro atoms. The van der Waals surface area contributed by atoms with Crippen molar-refractivity contribution < 1.29 is 4.79 Å². The fraction of sp³-hybridized carbons (Fsp3) is 0.353. The average Bonchev–Trinajstić information content (AvgIpc) is 2.68. The van der Waals surface area contributed by atoms with E-state index in [-0.39, 0.29) is 5.78 Å². The normalized spacial score (nSPS) is 18.8. The van der Waals surface area contributed by atoms with Gasteiger partial charge in [0.2, 0.25) is 5.78 Å². The van der Waals surface area contributed by atoms with Gasteiger partial charge in [-0.25, -0.2) is 0 Å². The molecule has 0 aromatic heterocycles. The molecule has 0 atom stereocenters. The number of hydrogen-bond donors (Lipinski definition) is 1. The van der Waals surface area contributed by atoms with Gasteiger partial charge < -0.3 is 10.6 Å². The molecule has 3 heteroatoms. The van der Waals surface area contributed by atoms with Crippen molar-refractivity contribution in [3.05, 3.63) is 58.3 Å². The van der Waals surface area contributed by atoms with E-state index in [1.54, 1.807) is 0 Å². The van der Waals surface area contributed by atoms with E-state index < -0.39 is 0 Å². The zero-order valence-corrected chi connectivity index (χ0v) is 11.9. The summed E-state index contributed by atoms with van der Waals surface area (Å²) in [6, 6.07) is 6.47. The van der Waals surface area contributed by atoms with E-state index in [0.717, 1.165) is 42.8 Å². The maximum absolute atomic E-state index is 12.0. The first-order valence-corrected chi connectivity index (χ1v) is 7.12. The SMILES string of the molecule is C=C1C(=O)C(N2CCCc3ccc(CN)cc3C2)=C1C. The summed E-state index contributed by atoms with van der Waals surface area (Å²) in [4.78, 5) is 14.2. The third-order valence-corrected chi connectivity index (χ3v) is 4.35. The lowest BCUT2D eigenvalue weighted by atomic mass is 9.87. The number of ketones is 1. The molecule has 1 heterocycles. The number of rotatable bonds is 2. The Balaban J connectivity index is 1.93. The first-order chi connectivity index (χ1) is 9.61. The van der Waals surface area contributed by atoms with Crippen molar-refractivity contribution in [2.24, 2.45) is 5.73 Å². The molecule has 3 rings (SSSR count). The number of fused-ring (bicyclic) bond motifs is 1. The molecule has 0 saturated heterocycles. The predicted molar refractivity (Wildman–Crippen MR) is 79.9 cm³/mol. The third kappa shape index (κ3) is 1.98. The minimum atomic E-state index is 0.112. The molecule has 20 heavy (non-hydrogen) atoms. The molecule has 0 fully saturated rings. The molecule has 1 aliphatic carbocycles. The van der Waals surface area contributed by atoms with Crippen molar-refractivity contribution in [2.45, 2.75) is 32.9 Å². The molecule has 1 aromatic carbocycles. The van der Waals surface area contributed by atoms with Crippen LogP contribution in [0.15, 0.2) is 41.6 Å². The monoisotopic (exact) mass is 268 g/mol. The minimum absolute atomic E-state index is 0.112. The first-order valence-electron chi connectivity index (χ1n) is 7.12. The van der Waals surface area contributed by atoms with Crippen molar-refractivity contribution in [1.29, 1.82) is 0 Å². The van der Waals surface area contributed by atoms with Gasteiger partial charge in [-0.05, 0) is 42.0 Å². The Bertz CT molecular complexity index is 628. The lowest BCUT2D eigenvalue weighted by molar-refractivity contribution is -0.114. The zero-order chi connectivity index (χ0) is 14.3. The minimum Gasteiger partial charge on any atom is -0.364 e. The second-order valence-electron chi connectivity index (χ2n) is 5.61. The standard InChI is InChI=1S/C17H20N2O/c1-11-12(2)17(20)16(11)19-7-3-4-14-6-5-13(9-18)8-15(14)10-19/h5-6,8H,2-4,7,9-10,18H2,1H3. The van der Waals surface area contributed by atoms with Gasteiger partial charge in [0.25, 0.3) is 0 Å². The van der Waals surface area contributed by atoms with Gasteiger partial charge in [0.05, 0.1) is 5.70 Å². The average molecular weight is 268 g/mol. The van der Waals surface area contributed by atoms with Crippen molar-refractivity contribution in [3.8, 4) is 0 Å². The maximum atomic E-state index is 12.0. The van der Waals surface area contributed by atoms with Crippen LogP contribution >= 0.6 is 0 Å². The molecule has 0 radical (unpaired) electrons. The first kappa shape index (κ1) is 13.1. The molecule has 2 aliphatic rings.